The molecule has 0 unspecified atom stereocenters. The zero-order valence-corrected chi connectivity index (χ0v) is 15.7. The van der Waals surface area contributed by atoms with Crippen molar-refractivity contribution in [2.75, 3.05) is 18.1 Å². The molecule has 136 valence electrons. The van der Waals surface area contributed by atoms with Crippen molar-refractivity contribution >= 4 is 33.2 Å². The second kappa shape index (κ2) is 8.81. The Kier molecular flexibility index (Phi) is 6.75. The lowest BCUT2D eigenvalue weighted by atomic mass is 10.2. The summed E-state index contributed by atoms with van der Waals surface area (Å²) in [6.07, 6.45) is 1.11. The minimum Gasteiger partial charge on any atom is -0.326 e. The van der Waals surface area contributed by atoms with Gasteiger partial charge in [0, 0.05) is 30.2 Å². The van der Waals surface area contributed by atoms with E-state index in [0.29, 0.717) is 16.3 Å². The van der Waals surface area contributed by atoms with E-state index in [9.17, 15) is 13.2 Å². The standard InChI is InChI=1S/C18H18ClN3O3S/c1-26(24,25)22(13-14-5-7-16(19)8-6-14)10-9-18(23)21-17-4-2-3-15(11-17)12-20/h2-8,11H,9-10,13H2,1H3,(H,21,23). The first-order chi connectivity index (χ1) is 12.3. The molecule has 8 heteroatoms. The summed E-state index contributed by atoms with van der Waals surface area (Å²) in [6.45, 7) is 0.207. The van der Waals surface area contributed by atoms with E-state index in [1.807, 2.05) is 6.07 Å². The summed E-state index contributed by atoms with van der Waals surface area (Å²) in [6, 6.07) is 15.4. The number of halogens is 1. The predicted octanol–water partition coefficient (Wildman–Crippen LogP) is 3.00. The van der Waals surface area contributed by atoms with Crippen molar-refractivity contribution in [3.8, 4) is 6.07 Å². The van der Waals surface area contributed by atoms with Crippen molar-refractivity contribution in [1.82, 2.24) is 4.31 Å². The summed E-state index contributed by atoms with van der Waals surface area (Å²) in [5.41, 5.74) is 1.71. The molecule has 0 fully saturated rings. The molecule has 2 aromatic carbocycles. The average molecular weight is 392 g/mol. The Morgan fingerprint density at radius 1 is 1.23 bits per heavy atom. The smallest absolute Gasteiger partial charge is 0.225 e. The number of hydrogen-bond donors (Lipinski definition) is 1. The summed E-state index contributed by atoms with van der Waals surface area (Å²) in [5, 5.41) is 12.1. The molecule has 0 radical (unpaired) electrons. The maximum absolute atomic E-state index is 12.1. The maximum atomic E-state index is 12.1. The quantitative estimate of drug-likeness (QED) is 0.785. The number of hydrogen-bond acceptors (Lipinski definition) is 4. The predicted molar refractivity (Wildman–Crippen MR) is 101 cm³/mol. The third kappa shape index (κ3) is 6.15. The molecule has 0 aliphatic rings. The van der Waals surface area contributed by atoms with Gasteiger partial charge < -0.3 is 5.32 Å². The van der Waals surface area contributed by atoms with Crippen LogP contribution in [0.3, 0.4) is 0 Å². The fourth-order valence-electron chi connectivity index (χ4n) is 2.27. The monoisotopic (exact) mass is 391 g/mol. The Labute approximate surface area is 158 Å². The van der Waals surface area contributed by atoms with Gasteiger partial charge >= 0.3 is 0 Å². The van der Waals surface area contributed by atoms with E-state index in [-0.39, 0.29) is 25.4 Å². The molecule has 0 saturated heterocycles. The summed E-state index contributed by atoms with van der Waals surface area (Å²) in [4.78, 5) is 12.1. The number of carbonyl (C=O) groups is 1. The number of carbonyl (C=O) groups excluding carboxylic acids is 1. The zero-order valence-electron chi connectivity index (χ0n) is 14.1. The molecule has 1 N–H and O–H groups in total. The summed E-state index contributed by atoms with van der Waals surface area (Å²) in [5.74, 6) is -0.329. The van der Waals surface area contributed by atoms with Crippen molar-refractivity contribution in [3.63, 3.8) is 0 Å². The molecule has 0 spiro atoms. The molecule has 0 atom stereocenters. The van der Waals surface area contributed by atoms with Gasteiger partial charge in [-0.25, -0.2) is 8.42 Å². The van der Waals surface area contributed by atoms with Crippen LogP contribution in [-0.4, -0.2) is 31.4 Å². The van der Waals surface area contributed by atoms with E-state index in [1.54, 1.807) is 48.5 Å². The summed E-state index contributed by atoms with van der Waals surface area (Å²) < 4.78 is 25.2. The van der Waals surface area contributed by atoms with Crippen LogP contribution in [0.15, 0.2) is 48.5 Å². The van der Waals surface area contributed by atoms with Gasteiger partial charge in [0.05, 0.1) is 17.9 Å². The van der Waals surface area contributed by atoms with Gasteiger partial charge in [0.25, 0.3) is 0 Å². The van der Waals surface area contributed by atoms with Crippen molar-refractivity contribution in [2.45, 2.75) is 13.0 Å². The number of anilines is 1. The van der Waals surface area contributed by atoms with Gasteiger partial charge in [-0.3, -0.25) is 4.79 Å². The molecule has 0 aromatic heterocycles. The van der Waals surface area contributed by atoms with Crippen LogP contribution in [0.4, 0.5) is 5.69 Å². The Morgan fingerprint density at radius 3 is 2.54 bits per heavy atom. The minimum atomic E-state index is -3.48. The van der Waals surface area contributed by atoms with Crippen LogP contribution in [0.1, 0.15) is 17.5 Å². The van der Waals surface area contributed by atoms with Gasteiger partial charge in [0.2, 0.25) is 15.9 Å². The number of amides is 1. The van der Waals surface area contributed by atoms with Crippen LogP contribution in [-0.2, 0) is 21.4 Å². The average Bonchev–Trinajstić information content (AvgIpc) is 2.59. The molecular formula is C18H18ClN3O3S. The molecule has 0 aliphatic carbocycles. The van der Waals surface area contributed by atoms with Crippen LogP contribution >= 0.6 is 11.6 Å². The highest BCUT2D eigenvalue weighted by Gasteiger charge is 2.18. The summed E-state index contributed by atoms with van der Waals surface area (Å²) >= 11 is 5.83. The van der Waals surface area contributed by atoms with Gasteiger partial charge in [-0.1, -0.05) is 29.8 Å². The van der Waals surface area contributed by atoms with Crippen molar-refractivity contribution in [3.05, 3.63) is 64.7 Å². The third-order valence-corrected chi connectivity index (χ3v) is 5.11. The Morgan fingerprint density at radius 2 is 1.92 bits per heavy atom. The molecular weight excluding hydrogens is 374 g/mol. The Hall–Kier alpha value is -2.40. The number of nitrogens with zero attached hydrogens (tertiary/aromatic N) is 2. The Balaban J connectivity index is 1.99. The Bertz CT molecular complexity index is 921. The minimum absolute atomic E-state index is 0.00254. The fourth-order valence-corrected chi connectivity index (χ4v) is 3.20. The molecule has 2 aromatic rings. The van der Waals surface area contributed by atoms with Gasteiger partial charge in [0.15, 0.2) is 0 Å². The second-order valence-electron chi connectivity index (χ2n) is 5.71. The van der Waals surface area contributed by atoms with Crippen molar-refractivity contribution in [2.24, 2.45) is 0 Å². The molecule has 0 aliphatic heterocycles. The van der Waals surface area contributed by atoms with Crippen molar-refractivity contribution < 1.29 is 13.2 Å². The number of nitriles is 1. The zero-order chi connectivity index (χ0) is 19.2. The second-order valence-corrected chi connectivity index (χ2v) is 8.13. The normalized spacial score (nSPS) is 11.2. The number of benzene rings is 2. The molecule has 6 nitrogen and oxygen atoms in total. The van der Waals surface area contributed by atoms with Crippen molar-refractivity contribution in [1.29, 1.82) is 5.26 Å². The van der Waals surface area contributed by atoms with E-state index in [1.165, 1.54) is 4.31 Å². The lowest BCUT2D eigenvalue weighted by Gasteiger charge is -2.20. The van der Waals surface area contributed by atoms with Crippen LogP contribution < -0.4 is 5.32 Å². The van der Waals surface area contributed by atoms with Gasteiger partial charge in [-0.05, 0) is 35.9 Å². The number of nitrogens with one attached hydrogen (secondary N) is 1. The third-order valence-electron chi connectivity index (χ3n) is 3.60. The SMILES string of the molecule is CS(=O)(=O)N(CCC(=O)Nc1cccc(C#N)c1)Cc1ccc(Cl)cc1. The number of rotatable bonds is 7. The topological polar surface area (TPSA) is 90.3 Å². The first-order valence-corrected chi connectivity index (χ1v) is 10.00. The first kappa shape index (κ1) is 19.9. The van der Waals surface area contributed by atoms with Gasteiger partial charge in [-0.15, -0.1) is 0 Å². The van der Waals surface area contributed by atoms with E-state index in [4.69, 9.17) is 16.9 Å². The van der Waals surface area contributed by atoms with Crippen LogP contribution in [0.25, 0.3) is 0 Å². The molecule has 2 rings (SSSR count). The van der Waals surface area contributed by atoms with E-state index < -0.39 is 10.0 Å². The maximum Gasteiger partial charge on any atom is 0.225 e. The largest absolute Gasteiger partial charge is 0.326 e. The van der Waals surface area contributed by atoms with E-state index in [2.05, 4.69) is 5.32 Å². The molecule has 0 bridgehead atoms. The van der Waals surface area contributed by atoms with Crippen LogP contribution in [0.5, 0.6) is 0 Å². The highest BCUT2D eigenvalue weighted by Crippen LogP contribution is 2.14. The first-order valence-electron chi connectivity index (χ1n) is 7.77. The van der Waals surface area contributed by atoms with Gasteiger partial charge in [-0.2, -0.15) is 9.57 Å². The molecule has 26 heavy (non-hydrogen) atoms. The van der Waals surface area contributed by atoms with E-state index in [0.717, 1.165) is 11.8 Å². The fraction of sp³-hybridized carbons (Fsp3) is 0.222. The van der Waals surface area contributed by atoms with Crippen LogP contribution in [0, 0.1) is 11.3 Å². The lowest BCUT2D eigenvalue weighted by molar-refractivity contribution is -0.116. The highest BCUT2D eigenvalue weighted by molar-refractivity contribution is 7.88. The van der Waals surface area contributed by atoms with Gasteiger partial charge in [0.1, 0.15) is 0 Å². The number of sulfonamides is 1. The van der Waals surface area contributed by atoms with E-state index >= 15 is 0 Å². The lowest BCUT2D eigenvalue weighted by Crippen LogP contribution is -2.32. The van der Waals surface area contributed by atoms with Crippen LogP contribution in [0.2, 0.25) is 5.02 Å². The molecule has 1 amide bonds. The molecule has 0 heterocycles. The summed E-state index contributed by atoms with van der Waals surface area (Å²) in [7, 11) is -3.48. The molecule has 0 saturated carbocycles. The highest BCUT2D eigenvalue weighted by atomic mass is 35.5.